The smallest absolute Gasteiger partial charge is 0.320 e. The number of pyridine rings is 1. The van der Waals surface area contributed by atoms with Crippen molar-refractivity contribution < 1.29 is 15.0 Å². The van der Waals surface area contributed by atoms with Gasteiger partial charge in [0.25, 0.3) is 0 Å². The number of rotatable bonds is 5. The van der Waals surface area contributed by atoms with Gasteiger partial charge in [0.2, 0.25) is 0 Å². The summed E-state index contributed by atoms with van der Waals surface area (Å²) >= 11 is 0. The van der Waals surface area contributed by atoms with Gasteiger partial charge in [0.1, 0.15) is 11.5 Å². The number of hydrogen-bond donors (Lipinski definition) is 5. The van der Waals surface area contributed by atoms with Crippen LogP contribution >= 0.6 is 0 Å². The summed E-state index contributed by atoms with van der Waals surface area (Å²) in [5.41, 5.74) is 2.30. The van der Waals surface area contributed by atoms with E-state index < -0.39 is 12.1 Å². The summed E-state index contributed by atoms with van der Waals surface area (Å²) in [4.78, 5) is 16.5. The molecule has 2 aromatic heterocycles. The molecule has 0 bridgehead atoms. The minimum atomic E-state index is -0.801. The molecule has 0 radical (unpaired) electrons. The van der Waals surface area contributed by atoms with E-state index in [2.05, 4.69) is 25.8 Å². The number of urea groups is 1. The maximum Gasteiger partial charge on any atom is 0.320 e. The van der Waals surface area contributed by atoms with Gasteiger partial charge in [0, 0.05) is 11.5 Å². The summed E-state index contributed by atoms with van der Waals surface area (Å²) in [6, 6.07) is 10.6. The zero-order valence-corrected chi connectivity index (χ0v) is 14.5. The number of aromatic nitrogens is 3. The van der Waals surface area contributed by atoms with Crippen LogP contribution in [-0.4, -0.2) is 31.4 Å². The lowest BCUT2D eigenvalue weighted by atomic mass is 10.1. The molecule has 0 saturated carbocycles. The fourth-order valence-electron chi connectivity index (χ4n) is 2.80. The molecule has 8 nitrogen and oxygen atoms in total. The lowest BCUT2D eigenvalue weighted by Gasteiger charge is -2.15. The number of H-pyrrole nitrogens is 1. The number of aliphatic hydroxyl groups excluding tert-OH is 2. The Labute approximate surface area is 150 Å². The SMILES string of the molecule is CC(O)c1n[nH]c2cc(NC(=O)N[C@H](C)c3ccccc3)nc(CO)c12. The van der Waals surface area contributed by atoms with Crippen LogP contribution < -0.4 is 10.6 Å². The Morgan fingerprint density at radius 2 is 2.00 bits per heavy atom. The normalized spacial score (nSPS) is 13.4. The number of aromatic amines is 1. The van der Waals surface area contributed by atoms with Crippen molar-refractivity contribution in [2.24, 2.45) is 0 Å². The molecule has 8 heteroatoms. The van der Waals surface area contributed by atoms with Crippen molar-refractivity contribution in [2.45, 2.75) is 32.6 Å². The maximum absolute atomic E-state index is 12.3. The average Bonchev–Trinajstić information content (AvgIpc) is 3.05. The van der Waals surface area contributed by atoms with Gasteiger partial charge >= 0.3 is 6.03 Å². The van der Waals surface area contributed by atoms with E-state index in [9.17, 15) is 15.0 Å². The van der Waals surface area contributed by atoms with Crippen molar-refractivity contribution in [3.63, 3.8) is 0 Å². The lowest BCUT2D eigenvalue weighted by molar-refractivity contribution is 0.195. The number of anilines is 1. The van der Waals surface area contributed by atoms with Crippen LogP contribution in [0.25, 0.3) is 10.9 Å². The van der Waals surface area contributed by atoms with Crippen molar-refractivity contribution in [1.29, 1.82) is 0 Å². The van der Waals surface area contributed by atoms with Crippen molar-refractivity contribution in [1.82, 2.24) is 20.5 Å². The summed E-state index contributed by atoms with van der Waals surface area (Å²) in [5.74, 6) is 0.278. The Morgan fingerprint density at radius 3 is 2.65 bits per heavy atom. The molecular formula is C18H21N5O3. The first-order valence-corrected chi connectivity index (χ1v) is 8.29. The van der Waals surface area contributed by atoms with Gasteiger partial charge in [-0.05, 0) is 19.4 Å². The third-order valence-corrected chi connectivity index (χ3v) is 4.08. The summed E-state index contributed by atoms with van der Waals surface area (Å²) < 4.78 is 0. The van der Waals surface area contributed by atoms with E-state index in [4.69, 9.17) is 0 Å². The minimum Gasteiger partial charge on any atom is -0.390 e. The van der Waals surface area contributed by atoms with E-state index in [1.54, 1.807) is 13.0 Å². The Hall–Kier alpha value is -2.97. The summed E-state index contributed by atoms with van der Waals surface area (Å²) in [6.07, 6.45) is -0.801. The van der Waals surface area contributed by atoms with Gasteiger partial charge in [-0.25, -0.2) is 9.78 Å². The zero-order valence-electron chi connectivity index (χ0n) is 14.5. The summed E-state index contributed by atoms with van der Waals surface area (Å²) in [5, 5.41) is 32.3. The maximum atomic E-state index is 12.3. The molecule has 5 N–H and O–H groups in total. The van der Waals surface area contributed by atoms with Crippen LogP contribution in [0.5, 0.6) is 0 Å². The van der Waals surface area contributed by atoms with Crippen LogP contribution in [0.3, 0.4) is 0 Å². The number of benzene rings is 1. The molecular weight excluding hydrogens is 334 g/mol. The number of hydrogen-bond acceptors (Lipinski definition) is 5. The predicted molar refractivity (Wildman–Crippen MR) is 97.5 cm³/mol. The Morgan fingerprint density at radius 1 is 1.27 bits per heavy atom. The Bertz CT molecular complexity index is 908. The summed E-state index contributed by atoms with van der Waals surface area (Å²) in [6.45, 7) is 3.13. The van der Waals surface area contributed by atoms with Crippen LogP contribution in [0.2, 0.25) is 0 Å². The van der Waals surface area contributed by atoms with Gasteiger partial charge in [-0.15, -0.1) is 0 Å². The monoisotopic (exact) mass is 355 g/mol. The summed E-state index contributed by atoms with van der Waals surface area (Å²) in [7, 11) is 0. The predicted octanol–water partition coefficient (Wildman–Crippen LogP) is 2.39. The molecule has 0 aliphatic rings. The van der Waals surface area contributed by atoms with Crippen LogP contribution in [0.15, 0.2) is 36.4 Å². The van der Waals surface area contributed by atoms with Gasteiger partial charge in [-0.2, -0.15) is 5.10 Å². The number of fused-ring (bicyclic) bond motifs is 1. The quantitative estimate of drug-likeness (QED) is 0.481. The van der Waals surface area contributed by atoms with E-state index in [1.807, 2.05) is 37.3 Å². The number of carbonyl (C=O) groups is 1. The van der Waals surface area contributed by atoms with Crippen LogP contribution in [0.1, 0.15) is 42.9 Å². The Balaban J connectivity index is 1.79. The molecule has 3 rings (SSSR count). The van der Waals surface area contributed by atoms with E-state index >= 15 is 0 Å². The first kappa shape index (κ1) is 17.8. The molecule has 136 valence electrons. The van der Waals surface area contributed by atoms with Crippen molar-refractivity contribution in [2.75, 3.05) is 5.32 Å². The van der Waals surface area contributed by atoms with Crippen LogP contribution in [-0.2, 0) is 6.61 Å². The highest BCUT2D eigenvalue weighted by molar-refractivity contribution is 5.92. The molecule has 2 heterocycles. The number of nitrogens with zero attached hydrogens (tertiary/aromatic N) is 2. The van der Waals surface area contributed by atoms with Crippen LogP contribution in [0, 0.1) is 0 Å². The van der Waals surface area contributed by atoms with E-state index in [0.29, 0.717) is 22.3 Å². The minimum absolute atomic E-state index is 0.175. The molecule has 1 unspecified atom stereocenters. The van der Waals surface area contributed by atoms with Crippen molar-refractivity contribution in [3.05, 3.63) is 53.3 Å². The first-order chi connectivity index (χ1) is 12.5. The topological polar surface area (TPSA) is 123 Å². The third kappa shape index (κ3) is 3.66. The number of nitrogens with one attached hydrogen (secondary N) is 3. The van der Waals surface area contributed by atoms with Gasteiger partial charge in [0.15, 0.2) is 0 Å². The fourth-order valence-corrected chi connectivity index (χ4v) is 2.80. The molecule has 0 saturated heterocycles. The highest BCUT2D eigenvalue weighted by Gasteiger charge is 2.17. The van der Waals surface area contributed by atoms with Crippen molar-refractivity contribution >= 4 is 22.8 Å². The molecule has 3 aromatic rings. The highest BCUT2D eigenvalue weighted by atomic mass is 16.3. The fraction of sp³-hybridized carbons (Fsp3) is 0.278. The third-order valence-electron chi connectivity index (χ3n) is 4.08. The zero-order chi connectivity index (χ0) is 18.7. The molecule has 0 fully saturated rings. The number of aliphatic hydroxyl groups is 2. The van der Waals surface area contributed by atoms with E-state index in [0.717, 1.165) is 5.56 Å². The van der Waals surface area contributed by atoms with E-state index in [1.165, 1.54) is 0 Å². The number of amides is 2. The number of carbonyl (C=O) groups excluding carboxylic acids is 1. The molecule has 0 spiro atoms. The highest BCUT2D eigenvalue weighted by Crippen LogP contribution is 2.26. The van der Waals surface area contributed by atoms with Gasteiger partial charge in [-0.3, -0.25) is 10.4 Å². The van der Waals surface area contributed by atoms with Gasteiger partial charge in [0.05, 0.1) is 30.0 Å². The molecule has 0 aliphatic heterocycles. The molecule has 2 atom stereocenters. The molecule has 0 aliphatic carbocycles. The molecule has 26 heavy (non-hydrogen) atoms. The van der Waals surface area contributed by atoms with Gasteiger partial charge in [-0.1, -0.05) is 30.3 Å². The van der Waals surface area contributed by atoms with Crippen LogP contribution in [0.4, 0.5) is 10.6 Å². The second-order valence-corrected chi connectivity index (χ2v) is 6.05. The lowest BCUT2D eigenvalue weighted by Crippen LogP contribution is -2.31. The second-order valence-electron chi connectivity index (χ2n) is 6.05. The average molecular weight is 355 g/mol. The molecule has 1 aromatic carbocycles. The Kier molecular flexibility index (Phi) is 5.15. The van der Waals surface area contributed by atoms with E-state index in [-0.39, 0.29) is 18.5 Å². The van der Waals surface area contributed by atoms with Gasteiger partial charge < -0.3 is 15.5 Å². The standard InChI is InChI=1S/C18H21N5O3/c1-10(12-6-4-3-5-7-12)19-18(26)21-15-8-13-16(14(9-24)20-15)17(11(2)25)23-22-13/h3-8,10-11,24-25H,9H2,1-2H3,(H,22,23)(H2,19,20,21,26)/t10-,11?/m1/s1. The largest absolute Gasteiger partial charge is 0.390 e. The molecule has 2 amide bonds. The van der Waals surface area contributed by atoms with Crippen molar-refractivity contribution in [3.8, 4) is 0 Å². The second kappa shape index (κ2) is 7.51. The first-order valence-electron chi connectivity index (χ1n) is 8.29.